The summed E-state index contributed by atoms with van der Waals surface area (Å²) in [5.41, 5.74) is 2.90. The van der Waals surface area contributed by atoms with Crippen LogP contribution in [0.4, 0.5) is 5.82 Å². The zero-order valence-electron chi connectivity index (χ0n) is 15.5. The fourth-order valence-electron chi connectivity index (χ4n) is 3.36. The highest BCUT2D eigenvalue weighted by atomic mass is 35.5. The summed E-state index contributed by atoms with van der Waals surface area (Å²) >= 11 is 12.5. The van der Waals surface area contributed by atoms with E-state index in [0.717, 1.165) is 37.3 Å². The highest BCUT2D eigenvalue weighted by Crippen LogP contribution is 2.38. The molecule has 0 unspecified atom stereocenters. The smallest absolute Gasteiger partial charge is 0.258 e. The van der Waals surface area contributed by atoms with Crippen molar-refractivity contribution in [2.75, 3.05) is 25.1 Å². The lowest BCUT2D eigenvalue weighted by atomic mass is 9.83. The summed E-state index contributed by atoms with van der Waals surface area (Å²) in [6.45, 7) is 6.43. The molecule has 1 saturated heterocycles. The van der Waals surface area contributed by atoms with E-state index in [1.165, 1.54) is 0 Å². The quantitative estimate of drug-likeness (QED) is 0.666. The van der Waals surface area contributed by atoms with Gasteiger partial charge < -0.3 is 9.64 Å². The van der Waals surface area contributed by atoms with Crippen molar-refractivity contribution >= 4 is 40.2 Å². The van der Waals surface area contributed by atoms with Gasteiger partial charge in [-0.15, -0.1) is 0 Å². The number of piperidine rings is 1. The molecular formula is C19H21Cl2N5O. The minimum atomic E-state index is 0.351. The first kappa shape index (κ1) is 18.3. The van der Waals surface area contributed by atoms with Gasteiger partial charge in [-0.1, -0.05) is 49.2 Å². The third-order valence-electron chi connectivity index (χ3n) is 5.17. The summed E-state index contributed by atoms with van der Waals surface area (Å²) in [6, 6.07) is 5.45. The number of H-pyrrole nitrogens is 1. The molecule has 0 bridgehead atoms. The second kappa shape index (κ2) is 6.84. The van der Waals surface area contributed by atoms with Crippen LogP contribution in [0.15, 0.2) is 18.2 Å². The molecule has 6 nitrogen and oxygen atoms in total. The number of hydrogen-bond donors (Lipinski definition) is 1. The largest absolute Gasteiger partial charge is 0.478 e. The van der Waals surface area contributed by atoms with Crippen LogP contribution in [0.2, 0.25) is 10.0 Å². The lowest BCUT2D eigenvalue weighted by Gasteiger charge is -2.37. The zero-order chi connectivity index (χ0) is 19.2. The van der Waals surface area contributed by atoms with Crippen LogP contribution in [0, 0.1) is 5.41 Å². The fourth-order valence-corrected chi connectivity index (χ4v) is 3.76. The Morgan fingerprint density at radius 1 is 1.15 bits per heavy atom. The molecule has 1 aromatic carbocycles. The van der Waals surface area contributed by atoms with E-state index < -0.39 is 0 Å². The van der Waals surface area contributed by atoms with Gasteiger partial charge in [-0.05, 0) is 24.3 Å². The molecule has 1 fully saturated rings. The van der Waals surface area contributed by atoms with E-state index in [2.05, 4.69) is 28.9 Å². The van der Waals surface area contributed by atoms with E-state index in [4.69, 9.17) is 37.9 Å². The van der Waals surface area contributed by atoms with Crippen LogP contribution >= 0.6 is 23.2 Å². The maximum atomic E-state index is 6.37. The average molecular weight is 406 g/mol. The molecule has 3 aromatic rings. The summed E-state index contributed by atoms with van der Waals surface area (Å²) in [4.78, 5) is 11.6. The normalized spacial score (nSPS) is 16.7. The van der Waals surface area contributed by atoms with Crippen LogP contribution in [0.5, 0.6) is 5.88 Å². The van der Waals surface area contributed by atoms with E-state index in [9.17, 15) is 0 Å². The fraction of sp³-hybridized carbons (Fsp3) is 0.421. The van der Waals surface area contributed by atoms with Crippen LogP contribution in [0.3, 0.4) is 0 Å². The second-order valence-corrected chi connectivity index (χ2v) is 8.37. The first-order valence-corrected chi connectivity index (χ1v) is 9.65. The number of aromatic amines is 1. The van der Waals surface area contributed by atoms with Crippen molar-refractivity contribution in [3.8, 4) is 17.1 Å². The number of rotatable bonds is 3. The maximum Gasteiger partial charge on any atom is 0.258 e. The predicted molar refractivity (Wildman–Crippen MR) is 109 cm³/mol. The molecule has 0 saturated carbocycles. The molecule has 2 aromatic heterocycles. The van der Waals surface area contributed by atoms with Gasteiger partial charge in [-0.25, -0.2) is 9.97 Å². The van der Waals surface area contributed by atoms with Gasteiger partial charge in [-0.2, -0.15) is 5.10 Å². The van der Waals surface area contributed by atoms with E-state index in [1.807, 2.05) is 12.1 Å². The third kappa shape index (κ3) is 3.32. The van der Waals surface area contributed by atoms with Gasteiger partial charge in [0.05, 0.1) is 22.8 Å². The Balaban J connectivity index is 1.78. The summed E-state index contributed by atoms with van der Waals surface area (Å²) in [7, 11) is 1.61. The van der Waals surface area contributed by atoms with Gasteiger partial charge >= 0.3 is 0 Å². The lowest BCUT2D eigenvalue weighted by Crippen LogP contribution is -2.38. The van der Waals surface area contributed by atoms with Gasteiger partial charge in [-0.3, -0.25) is 5.10 Å². The Morgan fingerprint density at radius 3 is 2.59 bits per heavy atom. The van der Waals surface area contributed by atoms with Crippen LogP contribution < -0.4 is 9.64 Å². The first-order chi connectivity index (χ1) is 12.9. The molecule has 0 aliphatic carbocycles. The number of aromatic nitrogens is 4. The number of methoxy groups -OCH3 is 1. The summed E-state index contributed by atoms with van der Waals surface area (Å²) in [5, 5.41) is 8.27. The standard InChI is InChI=1S/C19H21Cl2N5O/c1-19(2)7-9-26(10-8-19)17-18(27-3)22-15-14(24-25-16(15)23-17)11-5-4-6-12(20)13(11)21/h4-6H,7-10H2,1-3H3,(H,23,24,25). The van der Waals surface area contributed by atoms with Crippen LogP contribution in [-0.4, -0.2) is 40.4 Å². The van der Waals surface area contributed by atoms with Crippen molar-refractivity contribution < 1.29 is 4.74 Å². The average Bonchev–Trinajstić information content (AvgIpc) is 3.05. The molecular weight excluding hydrogens is 385 g/mol. The molecule has 0 spiro atoms. The Kier molecular flexibility index (Phi) is 4.64. The van der Waals surface area contributed by atoms with E-state index in [-0.39, 0.29) is 0 Å². The van der Waals surface area contributed by atoms with E-state index in [0.29, 0.717) is 38.2 Å². The van der Waals surface area contributed by atoms with Crippen molar-refractivity contribution in [3.63, 3.8) is 0 Å². The number of nitrogens with one attached hydrogen (secondary N) is 1. The second-order valence-electron chi connectivity index (χ2n) is 7.58. The summed E-state index contributed by atoms with van der Waals surface area (Å²) < 4.78 is 5.56. The number of benzene rings is 1. The van der Waals surface area contributed by atoms with E-state index >= 15 is 0 Å². The predicted octanol–water partition coefficient (Wildman–Crippen LogP) is 4.96. The molecule has 0 atom stereocenters. The molecule has 142 valence electrons. The molecule has 1 N–H and O–H groups in total. The van der Waals surface area contributed by atoms with Crippen LogP contribution in [0.1, 0.15) is 26.7 Å². The first-order valence-electron chi connectivity index (χ1n) is 8.89. The van der Waals surface area contributed by atoms with Crippen LogP contribution in [-0.2, 0) is 0 Å². The van der Waals surface area contributed by atoms with E-state index in [1.54, 1.807) is 13.2 Å². The molecule has 0 radical (unpaired) electrons. The topological polar surface area (TPSA) is 66.9 Å². The number of hydrogen-bond acceptors (Lipinski definition) is 5. The lowest BCUT2D eigenvalue weighted by molar-refractivity contribution is 0.277. The molecule has 1 aliphatic rings. The van der Waals surface area contributed by atoms with Crippen molar-refractivity contribution in [1.82, 2.24) is 20.2 Å². The zero-order valence-corrected chi connectivity index (χ0v) is 17.0. The third-order valence-corrected chi connectivity index (χ3v) is 5.99. The molecule has 27 heavy (non-hydrogen) atoms. The minimum Gasteiger partial charge on any atom is -0.478 e. The van der Waals surface area contributed by atoms with Gasteiger partial charge in [0.2, 0.25) is 5.65 Å². The van der Waals surface area contributed by atoms with Crippen molar-refractivity contribution in [3.05, 3.63) is 28.2 Å². The summed E-state index contributed by atoms with van der Waals surface area (Å²) in [5.74, 6) is 1.22. The van der Waals surface area contributed by atoms with Crippen molar-refractivity contribution in [2.45, 2.75) is 26.7 Å². The van der Waals surface area contributed by atoms with Crippen molar-refractivity contribution in [1.29, 1.82) is 0 Å². The number of fused-ring (bicyclic) bond motifs is 1. The highest BCUT2D eigenvalue weighted by molar-refractivity contribution is 6.43. The van der Waals surface area contributed by atoms with Gasteiger partial charge in [0.15, 0.2) is 5.82 Å². The number of halogens is 2. The Morgan fingerprint density at radius 2 is 1.89 bits per heavy atom. The maximum absolute atomic E-state index is 6.37. The molecule has 1 aliphatic heterocycles. The van der Waals surface area contributed by atoms with Gasteiger partial charge in [0.1, 0.15) is 5.52 Å². The van der Waals surface area contributed by atoms with Gasteiger partial charge in [0.25, 0.3) is 5.88 Å². The minimum absolute atomic E-state index is 0.351. The monoisotopic (exact) mass is 405 g/mol. The molecule has 3 heterocycles. The molecule has 0 amide bonds. The Bertz CT molecular complexity index is 991. The molecule has 4 rings (SSSR count). The SMILES string of the molecule is COc1nc2c(-c3cccc(Cl)c3Cl)[nH]nc2nc1N1CCC(C)(C)CC1. The number of ether oxygens (including phenoxy) is 1. The van der Waals surface area contributed by atoms with Crippen LogP contribution in [0.25, 0.3) is 22.4 Å². The van der Waals surface area contributed by atoms with Gasteiger partial charge in [0, 0.05) is 18.7 Å². The number of anilines is 1. The summed E-state index contributed by atoms with van der Waals surface area (Å²) in [6.07, 6.45) is 2.19. The molecule has 8 heteroatoms. The van der Waals surface area contributed by atoms with Crippen molar-refractivity contribution in [2.24, 2.45) is 5.41 Å². The number of nitrogens with zero attached hydrogens (tertiary/aromatic N) is 4. The Labute approximate surface area is 167 Å². The highest BCUT2D eigenvalue weighted by Gasteiger charge is 2.29. The Hall–Kier alpha value is -2.05.